The molecule has 0 saturated carbocycles. The van der Waals surface area contributed by atoms with Gasteiger partial charge in [0.2, 0.25) is 5.91 Å². The van der Waals surface area contributed by atoms with Crippen LogP contribution < -0.4 is 11.1 Å². The number of carbonyl (C=O) groups excluding carboxylic acids is 1. The smallest absolute Gasteiger partial charge is 0.230 e. The van der Waals surface area contributed by atoms with Crippen LogP contribution in [0, 0.1) is 17.6 Å². The fraction of sp³-hybridized carbons (Fsp3) is 0.333. The van der Waals surface area contributed by atoms with Gasteiger partial charge >= 0.3 is 0 Å². The van der Waals surface area contributed by atoms with Crippen molar-refractivity contribution in [2.45, 2.75) is 26.3 Å². The molecule has 0 aliphatic heterocycles. The Morgan fingerprint density at radius 3 is 2.70 bits per heavy atom. The molecule has 8 heteroatoms. The SMILES string of the molecule is CC(N)C(C)C(=O)Nc1ncc(Cc2ccc(F)cc2F)s1.Cl. The molecule has 2 atom stereocenters. The standard InChI is InChI=1S/C15H17F2N3OS.ClH/c1-8(9(2)18)14(21)20-15-19-7-12(22-15)5-10-3-4-11(16)6-13(10)17;/h3-4,6-9H,5,18H2,1-2H3,(H,19,20,21);1H. The summed E-state index contributed by atoms with van der Waals surface area (Å²) in [6.45, 7) is 3.50. The van der Waals surface area contributed by atoms with E-state index in [4.69, 9.17) is 5.73 Å². The van der Waals surface area contributed by atoms with E-state index in [2.05, 4.69) is 10.3 Å². The fourth-order valence-electron chi connectivity index (χ4n) is 1.76. The number of aromatic nitrogens is 1. The Morgan fingerprint density at radius 1 is 1.39 bits per heavy atom. The molecule has 1 aromatic carbocycles. The molecule has 4 nitrogen and oxygen atoms in total. The van der Waals surface area contributed by atoms with Crippen LogP contribution in [0.5, 0.6) is 0 Å². The third-order valence-corrected chi connectivity index (χ3v) is 4.28. The van der Waals surface area contributed by atoms with Gasteiger partial charge in [0.05, 0.1) is 5.92 Å². The van der Waals surface area contributed by atoms with Crippen LogP contribution in [0.1, 0.15) is 24.3 Å². The molecule has 0 bridgehead atoms. The molecule has 3 N–H and O–H groups in total. The molecule has 0 spiro atoms. The van der Waals surface area contributed by atoms with Gasteiger partial charge in [-0.05, 0) is 18.6 Å². The number of thiazole rings is 1. The van der Waals surface area contributed by atoms with E-state index in [0.29, 0.717) is 17.1 Å². The summed E-state index contributed by atoms with van der Waals surface area (Å²) in [7, 11) is 0. The van der Waals surface area contributed by atoms with Gasteiger partial charge in [-0.15, -0.1) is 23.7 Å². The topological polar surface area (TPSA) is 68.0 Å². The lowest BCUT2D eigenvalue weighted by Gasteiger charge is -2.13. The van der Waals surface area contributed by atoms with Gasteiger partial charge in [0.1, 0.15) is 11.6 Å². The number of nitrogens with one attached hydrogen (secondary N) is 1. The molecule has 1 heterocycles. The monoisotopic (exact) mass is 361 g/mol. The summed E-state index contributed by atoms with van der Waals surface area (Å²) in [6, 6.07) is 3.21. The molecule has 0 aliphatic carbocycles. The Balaban J connectivity index is 0.00000264. The van der Waals surface area contributed by atoms with Crippen LogP contribution in [0.3, 0.4) is 0 Å². The lowest BCUT2D eigenvalue weighted by Crippen LogP contribution is -2.34. The number of hydrogen-bond donors (Lipinski definition) is 2. The third-order valence-electron chi connectivity index (χ3n) is 3.37. The van der Waals surface area contributed by atoms with E-state index >= 15 is 0 Å². The summed E-state index contributed by atoms with van der Waals surface area (Å²) in [5.74, 6) is -1.74. The number of nitrogens with zero attached hydrogens (tertiary/aromatic N) is 1. The maximum atomic E-state index is 13.6. The van der Waals surface area contributed by atoms with Crippen LogP contribution in [0.4, 0.5) is 13.9 Å². The molecular weight excluding hydrogens is 344 g/mol. The van der Waals surface area contributed by atoms with Gasteiger partial charge in [-0.1, -0.05) is 13.0 Å². The molecule has 2 rings (SSSR count). The van der Waals surface area contributed by atoms with Crippen molar-refractivity contribution >= 4 is 34.8 Å². The average Bonchev–Trinajstić information content (AvgIpc) is 2.88. The lowest BCUT2D eigenvalue weighted by molar-refractivity contribution is -0.119. The Morgan fingerprint density at radius 2 is 2.09 bits per heavy atom. The van der Waals surface area contributed by atoms with Gasteiger partial charge in [0.15, 0.2) is 5.13 Å². The quantitative estimate of drug-likeness (QED) is 0.858. The Bertz CT molecular complexity index is 678. The van der Waals surface area contributed by atoms with Crippen molar-refractivity contribution in [1.29, 1.82) is 0 Å². The van der Waals surface area contributed by atoms with Crippen LogP contribution in [0.25, 0.3) is 0 Å². The van der Waals surface area contributed by atoms with Crippen molar-refractivity contribution < 1.29 is 13.6 Å². The van der Waals surface area contributed by atoms with E-state index in [0.717, 1.165) is 10.9 Å². The van der Waals surface area contributed by atoms with Gasteiger partial charge in [0.25, 0.3) is 0 Å². The first-order valence-electron chi connectivity index (χ1n) is 6.82. The highest BCUT2D eigenvalue weighted by molar-refractivity contribution is 7.15. The first kappa shape index (κ1) is 19.5. The maximum Gasteiger partial charge on any atom is 0.230 e. The molecule has 2 unspecified atom stereocenters. The van der Waals surface area contributed by atoms with E-state index in [1.165, 1.54) is 23.5 Å². The predicted octanol–water partition coefficient (Wildman–Crippen LogP) is 3.36. The van der Waals surface area contributed by atoms with E-state index < -0.39 is 11.6 Å². The average molecular weight is 362 g/mol. The maximum absolute atomic E-state index is 13.6. The van der Waals surface area contributed by atoms with E-state index in [1.807, 2.05) is 0 Å². The summed E-state index contributed by atoms with van der Waals surface area (Å²) in [6.07, 6.45) is 1.86. The lowest BCUT2D eigenvalue weighted by atomic mass is 10.0. The van der Waals surface area contributed by atoms with Crippen molar-refractivity contribution in [1.82, 2.24) is 4.98 Å². The Labute approximate surface area is 143 Å². The van der Waals surface area contributed by atoms with Crippen molar-refractivity contribution in [2.75, 3.05) is 5.32 Å². The van der Waals surface area contributed by atoms with Crippen molar-refractivity contribution in [2.24, 2.45) is 11.7 Å². The summed E-state index contributed by atoms with van der Waals surface area (Å²) in [5.41, 5.74) is 6.06. The number of halogens is 3. The van der Waals surface area contributed by atoms with Crippen LogP contribution in [-0.4, -0.2) is 16.9 Å². The molecule has 0 fully saturated rings. The number of benzene rings is 1. The zero-order chi connectivity index (χ0) is 16.3. The summed E-state index contributed by atoms with van der Waals surface area (Å²) in [5, 5.41) is 3.13. The van der Waals surface area contributed by atoms with E-state index in [1.54, 1.807) is 20.0 Å². The molecule has 1 aromatic heterocycles. The number of anilines is 1. The molecule has 0 aliphatic rings. The van der Waals surface area contributed by atoms with E-state index in [-0.39, 0.29) is 30.3 Å². The van der Waals surface area contributed by atoms with Crippen LogP contribution in [-0.2, 0) is 11.2 Å². The van der Waals surface area contributed by atoms with Crippen LogP contribution in [0.15, 0.2) is 24.4 Å². The summed E-state index contributed by atoms with van der Waals surface area (Å²) in [4.78, 5) is 16.7. The van der Waals surface area contributed by atoms with Gasteiger partial charge in [0, 0.05) is 29.6 Å². The molecule has 2 aromatic rings. The number of nitrogens with two attached hydrogens (primary N) is 1. The normalized spacial score (nSPS) is 13.1. The Hall–Kier alpha value is -1.57. The van der Waals surface area contributed by atoms with Crippen LogP contribution in [0.2, 0.25) is 0 Å². The second kappa shape index (κ2) is 8.33. The van der Waals surface area contributed by atoms with E-state index in [9.17, 15) is 13.6 Å². The second-order valence-corrected chi connectivity index (χ2v) is 6.30. The van der Waals surface area contributed by atoms with Crippen molar-refractivity contribution in [3.63, 3.8) is 0 Å². The number of carbonyl (C=O) groups is 1. The molecule has 1 amide bonds. The minimum Gasteiger partial charge on any atom is -0.327 e. The summed E-state index contributed by atoms with van der Waals surface area (Å²) >= 11 is 1.25. The predicted molar refractivity (Wildman–Crippen MR) is 90.0 cm³/mol. The third kappa shape index (κ3) is 5.23. The van der Waals surface area contributed by atoms with Gasteiger partial charge < -0.3 is 11.1 Å². The highest BCUT2D eigenvalue weighted by Gasteiger charge is 2.18. The Kier molecular flexibility index (Phi) is 7.05. The molecule has 126 valence electrons. The fourth-order valence-corrected chi connectivity index (χ4v) is 2.60. The number of hydrogen-bond acceptors (Lipinski definition) is 4. The first-order chi connectivity index (χ1) is 10.4. The summed E-state index contributed by atoms with van der Waals surface area (Å²) < 4.78 is 26.5. The van der Waals surface area contributed by atoms with Crippen molar-refractivity contribution in [3.8, 4) is 0 Å². The minimum absolute atomic E-state index is 0. The number of amides is 1. The minimum atomic E-state index is -0.608. The molecular formula is C15H18ClF2N3OS. The van der Waals surface area contributed by atoms with Crippen LogP contribution >= 0.6 is 23.7 Å². The zero-order valence-electron chi connectivity index (χ0n) is 12.7. The van der Waals surface area contributed by atoms with Crippen molar-refractivity contribution in [3.05, 3.63) is 46.5 Å². The van der Waals surface area contributed by atoms with Gasteiger partial charge in [-0.25, -0.2) is 13.8 Å². The number of rotatable bonds is 5. The highest BCUT2D eigenvalue weighted by atomic mass is 35.5. The molecule has 23 heavy (non-hydrogen) atoms. The zero-order valence-corrected chi connectivity index (χ0v) is 14.3. The second-order valence-electron chi connectivity index (χ2n) is 5.18. The molecule has 0 radical (unpaired) electrons. The largest absolute Gasteiger partial charge is 0.327 e. The highest BCUT2D eigenvalue weighted by Crippen LogP contribution is 2.23. The van der Waals surface area contributed by atoms with Gasteiger partial charge in [-0.3, -0.25) is 4.79 Å². The first-order valence-corrected chi connectivity index (χ1v) is 7.63. The van der Waals surface area contributed by atoms with Gasteiger partial charge in [-0.2, -0.15) is 0 Å². The molecule has 0 saturated heterocycles.